The van der Waals surface area contributed by atoms with E-state index in [1.165, 1.54) is 6.92 Å². The topological polar surface area (TPSA) is 49.7 Å². The summed E-state index contributed by atoms with van der Waals surface area (Å²) in [5.41, 5.74) is 0.277. The molecule has 0 fully saturated rings. The smallest absolute Gasteiger partial charge is 0.177 e. The van der Waals surface area contributed by atoms with Gasteiger partial charge in [0.05, 0.1) is 0 Å². The highest BCUT2D eigenvalue weighted by Crippen LogP contribution is 2.04. The number of oxime groups is 1. The van der Waals surface area contributed by atoms with Crippen molar-refractivity contribution in [2.45, 2.75) is 33.6 Å². The molecule has 0 aliphatic rings. The lowest BCUT2D eigenvalue weighted by Crippen LogP contribution is -2.10. The van der Waals surface area contributed by atoms with Gasteiger partial charge in [0.25, 0.3) is 0 Å². The molecule has 0 unspecified atom stereocenters. The van der Waals surface area contributed by atoms with Crippen LogP contribution >= 0.6 is 0 Å². The summed E-state index contributed by atoms with van der Waals surface area (Å²) in [5.74, 6) is 0.388. The van der Waals surface area contributed by atoms with Crippen molar-refractivity contribution in [1.29, 1.82) is 0 Å². The molecule has 0 aromatic rings. The van der Waals surface area contributed by atoms with Gasteiger partial charge in [-0.05, 0) is 18.8 Å². The van der Waals surface area contributed by atoms with E-state index in [4.69, 9.17) is 5.21 Å². The van der Waals surface area contributed by atoms with Crippen LogP contribution in [0.2, 0.25) is 0 Å². The first-order chi connectivity index (χ1) is 5.07. The van der Waals surface area contributed by atoms with Crippen LogP contribution in [0.25, 0.3) is 0 Å². The molecule has 0 aliphatic carbocycles. The third kappa shape index (κ3) is 4.53. The predicted molar refractivity (Wildman–Crippen MR) is 44.0 cm³/mol. The van der Waals surface area contributed by atoms with Crippen molar-refractivity contribution in [3.05, 3.63) is 0 Å². The van der Waals surface area contributed by atoms with Gasteiger partial charge in [-0.25, -0.2) is 0 Å². The molecule has 0 radical (unpaired) electrons. The van der Waals surface area contributed by atoms with Crippen molar-refractivity contribution in [2.24, 2.45) is 11.1 Å². The Labute approximate surface area is 67.1 Å². The number of rotatable bonds is 4. The number of ketones is 1. The highest BCUT2D eigenvalue weighted by molar-refractivity contribution is 6.38. The summed E-state index contributed by atoms with van der Waals surface area (Å²) in [6.07, 6.45) is 1.46. The largest absolute Gasteiger partial charge is 0.411 e. The number of hydrogen-bond donors (Lipinski definition) is 1. The second-order valence-corrected chi connectivity index (χ2v) is 3.04. The first-order valence-corrected chi connectivity index (χ1v) is 3.79. The molecule has 64 valence electrons. The molecule has 0 saturated heterocycles. The Balaban J connectivity index is 3.82. The summed E-state index contributed by atoms with van der Waals surface area (Å²) in [4.78, 5) is 10.7. The van der Waals surface area contributed by atoms with Crippen molar-refractivity contribution in [3.8, 4) is 0 Å². The first kappa shape index (κ1) is 10.1. The van der Waals surface area contributed by atoms with E-state index in [1.54, 1.807) is 0 Å². The van der Waals surface area contributed by atoms with E-state index in [-0.39, 0.29) is 11.5 Å². The van der Waals surface area contributed by atoms with Crippen molar-refractivity contribution in [1.82, 2.24) is 0 Å². The third-order valence-electron chi connectivity index (χ3n) is 1.49. The minimum absolute atomic E-state index is 0.145. The predicted octanol–water partition coefficient (Wildman–Crippen LogP) is 1.84. The van der Waals surface area contributed by atoms with Gasteiger partial charge >= 0.3 is 0 Å². The lowest BCUT2D eigenvalue weighted by molar-refractivity contribution is -0.111. The molecule has 0 rings (SSSR count). The Morgan fingerprint density at radius 3 is 2.36 bits per heavy atom. The number of nitrogens with zero attached hydrogens (tertiary/aromatic N) is 1. The van der Waals surface area contributed by atoms with Gasteiger partial charge in [-0.3, -0.25) is 4.79 Å². The molecule has 0 saturated carbocycles. The molecule has 0 aromatic heterocycles. The fourth-order valence-electron chi connectivity index (χ4n) is 0.722. The molecular weight excluding hydrogens is 142 g/mol. The Morgan fingerprint density at radius 1 is 1.55 bits per heavy atom. The monoisotopic (exact) mass is 157 g/mol. The molecule has 11 heavy (non-hydrogen) atoms. The van der Waals surface area contributed by atoms with Gasteiger partial charge in [-0.2, -0.15) is 0 Å². The molecule has 3 nitrogen and oxygen atoms in total. The summed E-state index contributed by atoms with van der Waals surface area (Å²) in [7, 11) is 0. The fourth-order valence-corrected chi connectivity index (χ4v) is 0.722. The van der Waals surface area contributed by atoms with Crippen molar-refractivity contribution in [3.63, 3.8) is 0 Å². The van der Waals surface area contributed by atoms with Crippen molar-refractivity contribution >= 4 is 11.5 Å². The van der Waals surface area contributed by atoms with Gasteiger partial charge in [-0.15, -0.1) is 0 Å². The van der Waals surface area contributed by atoms with E-state index in [0.29, 0.717) is 12.3 Å². The molecule has 0 bridgehead atoms. The summed E-state index contributed by atoms with van der Waals surface area (Å²) in [5, 5.41) is 11.3. The van der Waals surface area contributed by atoms with Crippen LogP contribution in [0.4, 0.5) is 0 Å². The minimum Gasteiger partial charge on any atom is -0.411 e. The number of hydrogen-bond acceptors (Lipinski definition) is 3. The molecule has 1 N–H and O–H groups in total. The Bertz CT molecular complexity index is 161. The van der Waals surface area contributed by atoms with Crippen LogP contribution in [0.3, 0.4) is 0 Å². The van der Waals surface area contributed by atoms with E-state index < -0.39 is 0 Å². The van der Waals surface area contributed by atoms with E-state index in [1.807, 2.05) is 0 Å². The average Bonchev–Trinajstić information content (AvgIpc) is 1.87. The van der Waals surface area contributed by atoms with Crippen LogP contribution < -0.4 is 0 Å². The summed E-state index contributed by atoms with van der Waals surface area (Å²) in [6, 6.07) is 0. The average molecular weight is 157 g/mol. The highest BCUT2D eigenvalue weighted by atomic mass is 16.4. The lowest BCUT2D eigenvalue weighted by Gasteiger charge is -2.02. The lowest BCUT2D eigenvalue weighted by atomic mass is 10.0. The van der Waals surface area contributed by atoms with Gasteiger partial charge in [0.2, 0.25) is 0 Å². The highest BCUT2D eigenvalue weighted by Gasteiger charge is 2.06. The molecule has 3 heteroatoms. The zero-order valence-electron chi connectivity index (χ0n) is 7.29. The van der Waals surface area contributed by atoms with E-state index in [9.17, 15) is 4.79 Å². The van der Waals surface area contributed by atoms with Gasteiger partial charge < -0.3 is 5.21 Å². The van der Waals surface area contributed by atoms with Crippen LogP contribution in [0.5, 0.6) is 0 Å². The number of carbonyl (C=O) groups excluding carboxylic acids is 1. The molecule has 0 spiro atoms. The summed E-state index contributed by atoms with van der Waals surface area (Å²) >= 11 is 0. The molecule has 0 aromatic carbocycles. The number of Topliss-reactive ketones (excluding diaryl/α,β-unsaturated/α-hetero) is 1. The van der Waals surface area contributed by atoms with Crippen LogP contribution in [0.15, 0.2) is 5.16 Å². The Kier molecular flexibility index (Phi) is 4.50. The van der Waals surface area contributed by atoms with Crippen LogP contribution in [-0.2, 0) is 4.79 Å². The fraction of sp³-hybridized carbons (Fsp3) is 0.750. The maximum absolute atomic E-state index is 10.7. The zero-order valence-corrected chi connectivity index (χ0v) is 7.29. The van der Waals surface area contributed by atoms with E-state index in [2.05, 4.69) is 19.0 Å². The molecule has 0 heterocycles. The SMILES string of the molecule is CC(=O)/C(CCC(C)C)=N/O. The molecular formula is C8H15NO2. The van der Waals surface area contributed by atoms with E-state index in [0.717, 1.165) is 6.42 Å². The molecule has 0 aliphatic heterocycles. The third-order valence-corrected chi connectivity index (χ3v) is 1.49. The molecule has 0 amide bonds. The number of carbonyl (C=O) groups is 1. The maximum atomic E-state index is 10.7. The Hall–Kier alpha value is -0.860. The van der Waals surface area contributed by atoms with Crippen LogP contribution in [0.1, 0.15) is 33.6 Å². The molecule has 0 atom stereocenters. The zero-order chi connectivity index (χ0) is 8.85. The van der Waals surface area contributed by atoms with E-state index >= 15 is 0 Å². The van der Waals surface area contributed by atoms with Crippen LogP contribution in [0, 0.1) is 5.92 Å². The van der Waals surface area contributed by atoms with Gasteiger partial charge in [0, 0.05) is 6.92 Å². The first-order valence-electron chi connectivity index (χ1n) is 3.79. The van der Waals surface area contributed by atoms with Gasteiger partial charge in [-0.1, -0.05) is 19.0 Å². The minimum atomic E-state index is -0.145. The second kappa shape index (κ2) is 4.88. The van der Waals surface area contributed by atoms with Crippen molar-refractivity contribution in [2.75, 3.05) is 0 Å². The quantitative estimate of drug-likeness (QED) is 0.384. The summed E-state index contributed by atoms with van der Waals surface area (Å²) in [6.45, 7) is 5.54. The normalized spacial score (nSPS) is 12.2. The maximum Gasteiger partial charge on any atom is 0.177 e. The van der Waals surface area contributed by atoms with Crippen molar-refractivity contribution < 1.29 is 10.0 Å². The summed E-state index contributed by atoms with van der Waals surface area (Å²) < 4.78 is 0. The van der Waals surface area contributed by atoms with Gasteiger partial charge in [0.1, 0.15) is 5.71 Å². The van der Waals surface area contributed by atoms with Gasteiger partial charge in [0.15, 0.2) is 5.78 Å². The second-order valence-electron chi connectivity index (χ2n) is 3.04. The standard InChI is InChI=1S/C8H15NO2/c1-6(2)4-5-8(9-11)7(3)10/h6,11H,4-5H2,1-3H3/b9-8+. The Morgan fingerprint density at radius 2 is 2.09 bits per heavy atom. The van der Waals surface area contributed by atoms with Crippen LogP contribution in [-0.4, -0.2) is 16.7 Å².